The molecule has 0 spiro atoms. The molecule has 150 valence electrons. The van der Waals surface area contributed by atoms with Gasteiger partial charge in [-0.2, -0.15) is 0 Å². The van der Waals surface area contributed by atoms with Crippen LogP contribution < -0.4 is 9.46 Å². The number of nitrogens with zero attached hydrogens (tertiary/aromatic N) is 1. The molecule has 0 bridgehead atoms. The van der Waals surface area contributed by atoms with E-state index in [2.05, 4.69) is 4.72 Å². The van der Waals surface area contributed by atoms with E-state index in [0.717, 1.165) is 17.0 Å². The number of non-ortho nitro benzene ring substituents is 1. The van der Waals surface area contributed by atoms with Gasteiger partial charge in [-0.3, -0.25) is 14.8 Å². The predicted molar refractivity (Wildman–Crippen MR) is 107 cm³/mol. The van der Waals surface area contributed by atoms with Crippen molar-refractivity contribution in [2.75, 3.05) is 11.8 Å². The minimum Gasteiger partial charge on any atom is -0.494 e. The lowest BCUT2D eigenvalue weighted by Gasteiger charge is -2.12. The van der Waals surface area contributed by atoms with Gasteiger partial charge >= 0.3 is 0 Å². The van der Waals surface area contributed by atoms with E-state index in [1.54, 1.807) is 24.3 Å². The average Bonchev–Trinajstić information content (AvgIpc) is 2.70. The monoisotopic (exact) mass is 434 g/mol. The molecule has 10 heteroatoms. The number of hydrogen-bond acceptors (Lipinski definition) is 6. The maximum absolute atomic E-state index is 13.3. The molecule has 3 rings (SSSR count). The van der Waals surface area contributed by atoms with E-state index in [9.17, 15) is 22.9 Å². The molecule has 0 aromatic heterocycles. The molecule has 1 N–H and O–H groups in total. The van der Waals surface area contributed by atoms with E-state index < -0.39 is 20.8 Å². The topological polar surface area (TPSA) is 98.5 Å². The summed E-state index contributed by atoms with van der Waals surface area (Å²) in [6.45, 7) is 0. The smallest absolute Gasteiger partial charge is 0.269 e. The fourth-order valence-corrected chi connectivity index (χ4v) is 4.50. The lowest BCUT2D eigenvalue weighted by Crippen LogP contribution is -2.13. The van der Waals surface area contributed by atoms with Crippen LogP contribution in [0.4, 0.5) is 15.8 Å². The van der Waals surface area contributed by atoms with Crippen molar-refractivity contribution in [1.82, 2.24) is 0 Å². The molecule has 0 atom stereocenters. The molecule has 0 aliphatic rings. The molecule has 29 heavy (non-hydrogen) atoms. The third-order valence-corrected chi connectivity index (χ3v) is 6.17. The Hall–Kier alpha value is -3.11. The van der Waals surface area contributed by atoms with Crippen LogP contribution in [0.1, 0.15) is 0 Å². The maximum atomic E-state index is 13.3. The fraction of sp³-hybridized carbons (Fsp3) is 0.0526. The van der Waals surface area contributed by atoms with Crippen LogP contribution in [0.25, 0.3) is 0 Å². The summed E-state index contributed by atoms with van der Waals surface area (Å²) < 4.78 is 46.2. The fourth-order valence-electron chi connectivity index (χ4n) is 2.43. The lowest BCUT2D eigenvalue weighted by atomic mass is 10.3. The molecule has 0 fully saturated rings. The summed E-state index contributed by atoms with van der Waals surface area (Å²) in [6.07, 6.45) is 0. The highest BCUT2D eigenvalue weighted by atomic mass is 32.2. The third-order valence-electron chi connectivity index (χ3n) is 3.81. The van der Waals surface area contributed by atoms with Crippen molar-refractivity contribution in [3.8, 4) is 5.75 Å². The van der Waals surface area contributed by atoms with Crippen LogP contribution in [0.2, 0.25) is 0 Å². The number of halogens is 1. The van der Waals surface area contributed by atoms with E-state index in [1.165, 1.54) is 49.2 Å². The van der Waals surface area contributed by atoms with Gasteiger partial charge in [0.05, 0.1) is 22.6 Å². The second-order valence-corrected chi connectivity index (χ2v) is 8.61. The van der Waals surface area contributed by atoms with Gasteiger partial charge in [0.2, 0.25) is 0 Å². The van der Waals surface area contributed by atoms with Crippen molar-refractivity contribution < 1.29 is 22.5 Å². The van der Waals surface area contributed by atoms with Crippen LogP contribution in [0.15, 0.2) is 81.4 Å². The molecule has 0 saturated carbocycles. The Balaban J connectivity index is 1.83. The normalized spacial score (nSPS) is 11.1. The largest absolute Gasteiger partial charge is 0.494 e. The first-order valence-corrected chi connectivity index (χ1v) is 10.5. The summed E-state index contributed by atoms with van der Waals surface area (Å²) in [5, 5.41) is 10.7. The van der Waals surface area contributed by atoms with Gasteiger partial charge < -0.3 is 4.74 Å². The SMILES string of the molecule is COc1cc(F)ccc1NS(=O)(=O)c1cccc(Sc2ccc([N+](=O)[O-])cc2)c1. The van der Waals surface area contributed by atoms with Gasteiger partial charge in [0.15, 0.2) is 0 Å². The Kier molecular flexibility index (Phi) is 6.04. The van der Waals surface area contributed by atoms with E-state index in [-0.39, 0.29) is 22.0 Å². The summed E-state index contributed by atoms with van der Waals surface area (Å²) in [7, 11) is -2.63. The van der Waals surface area contributed by atoms with E-state index in [4.69, 9.17) is 4.74 Å². The number of nitrogens with one attached hydrogen (secondary N) is 1. The van der Waals surface area contributed by atoms with E-state index >= 15 is 0 Å². The predicted octanol–water partition coefficient (Wildman–Crippen LogP) is 4.69. The molecule has 3 aromatic carbocycles. The molecular formula is C19H15FN2O5S2. The molecular weight excluding hydrogens is 419 g/mol. The van der Waals surface area contributed by atoms with Crippen molar-refractivity contribution in [2.24, 2.45) is 0 Å². The number of anilines is 1. The number of benzene rings is 3. The van der Waals surface area contributed by atoms with Crippen LogP contribution in [0.3, 0.4) is 0 Å². The van der Waals surface area contributed by atoms with Gasteiger partial charge in [0.25, 0.3) is 15.7 Å². The van der Waals surface area contributed by atoms with Crippen LogP contribution in [0.5, 0.6) is 5.75 Å². The minimum absolute atomic E-state index is 0.00999. The molecule has 0 radical (unpaired) electrons. The van der Waals surface area contributed by atoms with Gasteiger partial charge in [0.1, 0.15) is 11.6 Å². The highest BCUT2D eigenvalue weighted by Crippen LogP contribution is 2.32. The molecule has 7 nitrogen and oxygen atoms in total. The van der Waals surface area contributed by atoms with Crippen molar-refractivity contribution in [3.63, 3.8) is 0 Å². The number of hydrogen-bond donors (Lipinski definition) is 1. The van der Waals surface area contributed by atoms with Gasteiger partial charge in [0, 0.05) is 28.0 Å². The summed E-state index contributed by atoms with van der Waals surface area (Å²) in [5.41, 5.74) is 0.0884. The molecule has 0 saturated heterocycles. The zero-order valence-electron chi connectivity index (χ0n) is 15.0. The summed E-state index contributed by atoms with van der Waals surface area (Å²) >= 11 is 1.27. The first-order chi connectivity index (χ1) is 13.8. The van der Waals surface area contributed by atoms with Crippen LogP contribution in [-0.4, -0.2) is 20.5 Å². The van der Waals surface area contributed by atoms with Crippen LogP contribution >= 0.6 is 11.8 Å². The Labute approximate surface area is 170 Å². The summed E-state index contributed by atoms with van der Waals surface area (Å²) in [6, 6.07) is 15.6. The number of methoxy groups -OCH3 is 1. The Morgan fingerprint density at radius 2 is 1.76 bits per heavy atom. The third kappa shape index (κ3) is 5.04. The van der Waals surface area contributed by atoms with Crippen molar-refractivity contribution in [3.05, 3.63) is 82.7 Å². The molecule has 0 aliphatic heterocycles. The standard InChI is InChI=1S/C19H15FN2O5S2/c1-27-19-11-13(20)5-10-18(19)21-29(25,26)17-4-2-3-16(12-17)28-15-8-6-14(7-9-15)22(23)24/h2-12,21H,1H3. The highest BCUT2D eigenvalue weighted by molar-refractivity contribution is 7.99. The Bertz CT molecular complexity index is 1150. The first-order valence-electron chi connectivity index (χ1n) is 8.17. The average molecular weight is 434 g/mol. The zero-order chi connectivity index (χ0) is 21.0. The summed E-state index contributed by atoms with van der Waals surface area (Å²) in [4.78, 5) is 11.6. The number of ether oxygens (including phenoxy) is 1. The molecule has 0 unspecified atom stereocenters. The van der Waals surface area contributed by atoms with Crippen molar-refractivity contribution in [1.29, 1.82) is 0 Å². The number of rotatable bonds is 7. The van der Waals surface area contributed by atoms with Gasteiger partial charge in [-0.05, 0) is 42.5 Å². The Morgan fingerprint density at radius 3 is 2.41 bits per heavy atom. The molecule has 0 amide bonds. The number of nitro groups is 1. The number of nitro benzene ring substituents is 1. The quantitative estimate of drug-likeness (QED) is 0.428. The Morgan fingerprint density at radius 1 is 1.03 bits per heavy atom. The van der Waals surface area contributed by atoms with Crippen molar-refractivity contribution in [2.45, 2.75) is 14.7 Å². The lowest BCUT2D eigenvalue weighted by molar-refractivity contribution is -0.384. The molecule has 0 aliphatic carbocycles. The maximum Gasteiger partial charge on any atom is 0.269 e. The van der Waals surface area contributed by atoms with Crippen LogP contribution in [-0.2, 0) is 10.0 Å². The molecule has 3 aromatic rings. The zero-order valence-corrected chi connectivity index (χ0v) is 16.7. The summed E-state index contributed by atoms with van der Waals surface area (Å²) in [5.74, 6) is -0.490. The van der Waals surface area contributed by atoms with Gasteiger partial charge in [-0.15, -0.1) is 0 Å². The van der Waals surface area contributed by atoms with Gasteiger partial charge in [-0.25, -0.2) is 12.8 Å². The van der Waals surface area contributed by atoms with E-state index in [0.29, 0.717) is 4.90 Å². The molecule has 0 heterocycles. The second-order valence-electron chi connectivity index (χ2n) is 5.78. The minimum atomic E-state index is -3.95. The van der Waals surface area contributed by atoms with Gasteiger partial charge in [-0.1, -0.05) is 17.8 Å². The van der Waals surface area contributed by atoms with E-state index in [1.807, 2.05) is 0 Å². The highest BCUT2D eigenvalue weighted by Gasteiger charge is 2.18. The number of sulfonamides is 1. The second kappa shape index (κ2) is 8.50. The van der Waals surface area contributed by atoms with Crippen molar-refractivity contribution >= 4 is 33.2 Å². The first kappa shape index (κ1) is 20.6. The van der Waals surface area contributed by atoms with Crippen LogP contribution in [0, 0.1) is 15.9 Å².